The number of fused-ring (bicyclic) bond motifs is 1. The van der Waals surface area contributed by atoms with E-state index < -0.39 is 0 Å². The Morgan fingerprint density at radius 3 is 2.59 bits per heavy atom. The third kappa shape index (κ3) is 2.40. The summed E-state index contributed by atoms with van der Waals surface area (Å²) >= 11 is 0. The summed E-state index contributed by atoms with van der Waals surface area (Å²) in [5.74, 6) is 1.85. The van der Waals surface area contributed by atoms with Gasteiger partial charge in [-0.3, -0.25) is 0 Å². The van der Waals surface area contributed by atoms with Crippen LogP contribution in [-0.4, -0.2) is 12.6 Å². The fourth-order valence-electron chi connectivity index (χ4n) is 3.44. The van der Waals surface area contributed by atoms with Crippen LogP contribution in [0.5, 0.6) is 0 Å². The monoisotopic (exact) mass is 229 g/mol. The van der Waals surface area contributed by atoms with Gasteiger partial charge in [0.2, 0.25) is 0 Å². The first-order chi connectivity index (χ1) is 8.38. The molecule has 0 saturated heterocycles. The van der Waals surface area contributed by atoms with Crippen molar-refractivity contribution < 1.29 is 0 Å². The van der Waals surface area contributed by atoms with Crippen LogP contribution in [0.25, 0.3) is 0 Å². The van der Waals surface area contributed by atoms with E-state index in [2.05, 4.69) is 36.5 Å². The van der Waals surface area contributed by atoms with Crippen LogP contribution in [0, 0.1) is 11.8 Å². The van der Waals surface area contributed by atoms with E-state index >= 15 is 0 Å². The molecule has 1 N–H and O–H groups in total. The Hall–Kier alpha value is -0.820. The lowest BCUT2D eigenvalue weighted by atomic mass is 9.78. The Bertz CT molecular complexity index is 381. The maximum atomic E-state index is 3.75. The zero-order chi connectivity index (χ0) is 11.7. The number of hydrogen-bond acceptors (Lipinski definition) is 1. The van der Waals surface area contributed by atoms with Crippen LogP contribution in [0.1, 0.15) is 37.3 Å². The summed E-state index contributed by atoms with van der Waals surface area (Å²) in [6.45, 7) is 3.37. The van der Waals surface area contributed by atoms with E-state index in [1.807, 2.05) is 0 Å². The number of nitrogens with one attached hydrogen (secondary N) is 1. The van der Waals surface area contributed by atoms with Crippen LogP contribution >= 0.6 is 0 Å². The number of rotatable bonds is 4. The van der Waals surface area contributed by atoms with Gasteiger partial charge in [0, 0.05) is 6.04 Å². The van der Waals surface area contributed by atoms with Crippen molar-refractivity contribution in [1.29, 1.82) is 0 Å². The van der Waals surface area contributed by atoms with Gasteiger partial charge in [0.05, 0.1) is 0 Å². The third-order valence-corrected chi connectivity index (χ3v) is 4.46. The van der Waals surface area contributed by atoms with Crippen molar-refractivity contribution in [3.63, 3.8) is 0 Å². The average Bonchev–Trinajstić information content (AvgIpc) is 3.20. The second-order valence-corrected chi connectivity index (χ2v) is 5.69. The lowest BCUT2D eigenvalue weighted by molar-refractivity contribution is 0.296. The second kappa shape index (κ2) is 4.81. The van der Waals surface area contributed by atoms with Crippen LogP contribution in [0.2, 0.25) is 0 Å². The molecule has 2 aliphatic rings. The molecular formula is C16H23N. The topological polar surface area (TPSA) is 12.0 Å². The molecule has 0 amide bonds. The van der Waals surface area contributed by atoms with Crippen molar-refractivity contribution in [3.05, 3.63) is 35.4 Å². The van der Waals surface area contributed by atoms with E-state index in [4.69, 9.17) is 0 Å². The average molecular weight is 229 g/mol. The first-order valence-electron chi connectivity index (χ1n) is 7.18. The molecule has 1 nitrogen and oxygen atoms in total. The Labute approximate surface area is 105 Å². The molecule has 1 aromatic carbocycles. The maximum Gasteiger partial charge on any atom is 0.0127 e. The molecule has 0 spiro atoms. The first kappa shape index (κ1) is 11.3. The van der Waals surface area contributed by atoms with Crippen molar-refractivity contribution >= 4 is 0 Å². The standard InChI is InChI=1S/C16H23N/c1-2-17-16(13-8-9-13)15-10-7-12-5-3-4-6-14(12)11-15/h3-6,13,15-17H,2,7-11H2,1H3. The molecule has 0 aromatic heterocycles. The molecule has 2 atom stereocenters. The molecule has 3 rings (SSSR count). The van der Waals surface area contributed by atoms with Crippen LogP contribution in [0.15, 0.2) is 24.3 Å². The lowest BCUT2D eigenvalue weighted by Gasteiger charge is -2.32. The Morgan fingerprint density at radius 1 is 1.12 bits per heavy atom. The summed E-state index contributed by atoms with van der Waals surface area (Å²) in [5, 5.41) is 3.75. The predicted octanol–water partition coefficient (Wildman–Crippen LogP) is 3.18. The lowest BCUT2D eigenvalue weighted by Crippen LogP contribution is -2.40. The largest absolute Gasteiger partial charge is 0.314 e. The van der Waals surface area contributed by atoms with Crippen LogP contribution in [0.4, 0.5) is 0 Å². The highest BCUT2D eigenvalue weighted by molar-refractivity contribution is 5.30. The fraction of sp³-hybridized carbons (Fsp3) is 0.625. The van der Waals surface area contributed by atoms with Gasteiger partial charge in [-0.15, -0.1) is 0 Å². The van der Waals surface area contributed by atoms with E-state index in [0.29, 0.717) is 0 Å². The zero-order valence-corrected chi connectivity index (χ0v) is 10.8. The first-order valence-corrected chi connectivity index (χ1v) is 7.18. The van der Waals surface area contributed by atoms with Gasteiger partial charge in [0.1, 0.15) is 0 Å². The van der Waals surface area contributed by atoms with Gasteiger partial charge in [-0.2, -0.15) is 0 Å². The van der Waals surface area contributed by atoms with Crippen molar-refractivity contribution in [2.45, 2.75) is 45.1 Å². The minimum Gasteiger partial charge on any atom is -0.314 e. The summed E-state index contributed by atoms with van der Waals surface area (Å²) in [7, 11) is 0. The fourth-order valence-corrected chi connectivity index (χ4v) is 3.44. The van der Waals surface area contributed by atoms with E-state index in [0.717, 1.165) is 24.4 Å². The number of aryl methyl sites for hydroxylation is 1. The summed E-state index contributed by atoms with van der Waals surface area (Å²) < 4.78 is 0. The van der Waals surface area contributed by atoms with Gasteiger partial charge in [-0.1, -0.05) is 31.2 Å². The molecule has 1 fully saturated rings. The molecule has 2 aliphatic carbocycles. The second-order valence-electron chi connectivity index (χ2n) is 5.69. The van der Waals surface area contributed by atoms with Crippen molar-refractivity contribution in [1.82, 2.24) is 5.32 Å². The molecule has 1 heteroatoms. The molecule has 0 aliphatic heterocycles. The van der Waals surface area contributed by atoms with Crippen molar-refractivity contribution in [2.24, 2.45) is 11.8 Å². The highest BCUT2D eigenvalue weighted by Gasteiger charge is 2.36. The summed E-state index contributed by atoms with van der Waals surface area (Å²) in [6, 6.07) is 9.80. The van der Waals surface area contributed by atoms with E-state index in [1.165, 1.54) is 32.1 Å². The highest BCUT2D eigenvalue weighted by Crippen LogP contribution is 2.39. The highest BCUT2D eigenvalue weighted by atomic mass is 14.9. The van der Waals surface area contributed by atoms with Crippen LogP contribution in [-0.2, 0) is 12.8 Å². The summed E-state index contributed by atoms with van der Waals surface area (Å²) in [4.78, 5) is 0. The SMILES string of the molecule is CCNC(C1CC1)C1CCc2ccccc2C1. The molecule has 1 saturated carbocycles. The number of hydrogen-bond donors (Lipinski definition) is 1. The molecule has 2 unspecified atom stereocenters. The normalized spacial score (nSPS) is 25.4. The Kier molecular flexibility index (Phi) is 3.19. The van der Waals surface area contributed by atoms with Crippen molar-refractivity contribution in [3.8, 4) is 0 Å². The molecule has 0 heterocycles. The minimum absolute atomic E-state index is 0.786. The molecule has 17 heavy (non-hydrogen) atoms. The Morgan fingerprint density at radius 2 is 1.88 bits per heavy atom. The predicted molar refractivity (Wildman–Crippen MR) is 72.1 cm³/mol. The van der Waals surface area contributed by atoms with Gasteiger partial charge in [-0.05, 0) is 61.6 Å². The minimum atomic E-state index is 0.786. The maximum absolute atomic E-state index is 3.75. The smallest absolute Gasteiger partial charge is 0.0127 e. The summed E-state index contributed by atoms with van der Waals surface area (Å²) in [6.07, 6.45) is 6.87. The third-order valence-electron chi connectivity index (χ3n) is 4.46. The van der Waals surface area contributed by atoms with Gasteiger partial charge < -0.3 is 5.32 Å². The van der Waals surface area contributed by atoms with Crippen LogP contribution < -0.4 is 5.32 Å². The quantitative estimate of drug-likeness (QED) is 0.836. The molecule has 0 radical (unpaired) electrons. The van der Waals surface area contributed by atoms with E-state index in [1.54, 1.807) is 11.1 Å². The zero-order valence-electron chi connectivity index (χ0n) is 10.8. The Balaban J connectivity index is 1.73. The van der Waals surface area contributed by atoms with Gasteiger partial charge in [-0.25, -0.2) is 0 Å². The molecular weight excluding hydrogens is 206 g/mol. The van der Waals surface area contributed by atoms with Gasteiger partial charge in [0.15, 0.2) is 0 Å². The molecule has 0 bridgehead atoms. The van der Waals surface area contributed by atoms with E-state index in [-0.39, 0.29) is 0 Å². The van der Waals surface area contributed by atoms with Gasteiger partial charge >= 0.3 is 0 Å². The molecule has 1 aromatic rings. The number of benzene rings is 1. The molecule has 92 valence electrons. The summed E-state index contributed by atoms with van der Waals surface area (Å²) in [5.41, 5.74) is 3.20. The van der Waals surface area contributed by atoms with Crippen molar-refractivity contribution in [2.75, 3.05) is 6.54 Å². The van der Waals surface area contributed by atoms with Gasteiger partial charge in [0.25, 0.3) is 0 Å². The van der Waals surface area contributed by atoms with E-state index in [9.17, 15) is 0 Å². The van der Waals surface area contributed by atoms with Crippen LogP contribution in [0.3, 0.4) is 0 Å².